The molecular weight excluding hydrogens is 258 g/mol. The molecule has 0 radical (unpaired) electrons. The van der Waals surface area contributed by atoms with E-state index in [0.717, 1.165) is 32.3 Å². The molecule has 1 amide bonds. The van der Waals surface area contributed by atoms with E-state index in [1.54, 1.807) is 0 Å². The first kappa shape index (κ1) is 12.0. The van der Waals surface area contributed by atoms with E-state index >= 15 is 0 Å². The molecular formula is C16H12ClNO. The third kappa shape index (κ3) is 2.15. The molecule has 0 aliphatic rings. The number of nitrogens with one attached hydrogen (secondary N) is 1. The van der Waals surface area contributed by atoms with Crippen molar-refractivity contribution >= 4 is 44.7 Å². The van der Waals surface area contributed by atoms with Crippen LogP contribution in [0.25, 0.3) is 21.5 Å². The molecule has 0 saturated heterocycles. The van der Waals surface area contributed by atoms with Crippen LogP contribution in [-0.2, 0) is 4.79 Å². The van der Waals surface area contributed by atoms with Gasteiger partial charge in [-0.1, -0.05) is 41.9 Å². The number of fused-ring (bicyclic) bond motifs is 3. The molecule has 0 aliphatic heterocycles. The molecule has 3 aromatic carbocycles. The molecule has 0 fully saturated rings. The Kier molecular flexibility index (Phi) is 2.88. The van der Waals surface area contributed by atoms with Crippen LogP contribution in [0, 0.1) is 0 Å². The summed E-state index contributed by atoms with van der Waals surface area (Å²) >= 11 is 6.29. The fourth-order valence-electron chi connectivity index (χ4n) is 2.34. The number of benzene rings is 3. The Morgan fingerprint density at radius 2 is 1.74 bits per heavy atom. The standard InChI is InChI=1S/C16H12ClNO/c1-10(19)18-12-7-6-11-8-16(17)14-5-3-2-4-13(14)15(11)9-12/h2-9H,1H3,(H,18,19). The van der Waals surface area contributed by atoms with Gasteiger partial charge in [0.25, 0.3) is 0 Å². The summed E-state index contributed by atoms with van der Waals surface area (Å²) in [4.78, 5) is 11.1. The van der Waals surface area contributed by atoms with Gasteiger partial charge in [0.2, 0.25) is 5.91 Å². The molecule has 94 valence electrons. The molecule has 3 aromatic rings. The average Bonchev–Trinajstić information content (AvgIpc) is 2.39. The zero-order valence-electron chi connectivity index (χ0n) is 10.4. The molecule has 0 unspecified atom stereocenters. The molecule has 2 nitrogen and oxygen atoms in total. The van der Waals surface area contributed by atoms with Crippen LogP contribution in [0.4, 0.5) is 5.69 Å². The van der Waals surface area contributed by atoms with E-state index in [1.807, 2.05) is 48.5 Å². The number of hydrogen-bond donors (Lipinski definition) is 1. The maximum atomic E-state index is 11.1. The Balaban J connectivity index is 2.34. The molecule has 0 bridgehead atoms. The lowest BCUT2D eigenvalue weighted by atomic mass is 10.0. The highest BCUT2D eigenvalue weighted by atomic mass is 35.5. The maximum Gasteiger partial charge on any atom is 0.221 e. The Hall–Kier alpha value is -2.06. The molecule has 19 heavy (non-hydrogen) atoms. The van der Waals surface area contributed by atoms with Crippen LogP contribution >= 0.6 is 11.6 Å². The Labute approximate surface area is 116 Å². The first-order valence-corrected chi connectivity index (χ1v) is 6.41. The quantitative estimate of drug-likeness (QED) is 0.643. The van der Waals surface area contributed by atoms with E-state index in [-0.39, 0.29) is 5.91 Å². The van der Waals surface area contributed by atoms with Crippen molar-refractivity contribution in [2.24, 2.45) is 0 Å². The summed E-state index contributed by atoms with van der Waals surface area (Å²) in [7, 11) is 0. The lowest BCUT2D eigenvalue weighted by Gasteiger charge is -2.08. The highest BCUT2D eigenvalue weighted by Gasteiger charge is 2.06. The van der Waals surface area contributed by atoms with Gasteiger partial charge in [0.05, 0.1) is 0 Å². The van der Waals surface area contributed by atoms with E-state index in [0.29, 0.717) is 0 Å². The SMILES string of the molecule is CC(=O)Nc1ccc2cc(Cl)c3ccccc3c2c1. The number of carbonyl (C=O) groups is 1. The smallest absolute Gasteiger partial charge is 0.221 e. The third-order valence-corrected chi connectivity index (χ3v) is 3.44. The van der Waals surface area contributed by atoms with E-state index in [4.69, 9.17) is 11.6 Å². The number of carbonyl (C=O) groups excluding carboxylic acids is 1. The van der Waals surface area contributed by atoms with Crippen LogP contribution in [0.2, 0.25) is 5.02 Å². The molecule has 1 N–H and O–H groups in total. The van der Waals surface area contributed by atoms with Crippen molar-refractivity contribution in [1.29, 1.82) is 0 Å². The minimum absolute atomic E-state index is 0.0716. The molecule has 0 aromatic heterocycles. The van der Waals surface area contributed by atoms with Crippen molar-refractivity contribution in [2.45, 2.75) is 6.92 Å². The van der Waals surface area contributed by atoms with Gasteiger partial charge in [0, 0.05) is 23.0 Å². The van der Waals surface area contributed by atoms with Gasteiger partial charge in [-0.25, -0.2) is 0 Å². The van der Waals surface area contributed by atoms with Gasteiger partial charge < -0.3 is 5.32 Å². The van der Waals surface area contributed by atoms with Crippen LogP contribution in [0.15, 0.2) is 48.5 Å². The summed E-state index contributed by atoms with van der Waals surface area (Å²) in [6.07, 6.45) is 0. The van der Waals surface area contributed by atoms with Gasteiger partial charge in [-0.15, -0.1) is 0 Å². The number of rotatable bonds is 1. The van der Waals surface area contributed by atoms with Crippen LogP contribution in [-0.4, -0.2) is 5.91 Å². The number of halogens is 1. The van der Waals surface area contributed by atoms with Gasteiger partial charge in [0.15, 0.2) is 0 Å². The summed E-state index contributed by atoms with van der Waals surface area (Å²) in [5.74, 6) is -0.0716. The predicted molar refractivity (Wildman–Crippen MR) is 80.8 cm³/mol. The minimum Gasteiger partial charge on any atom is -0.326 e. The minimum atomic E-state index is -0.0716. The normalized spacial score (nSPS) is 10.8. The molecule has 3 heteroatoms. The van der Waals surface area contributed by atoms with Crippen molar-refractivity contribution in [3.63, 3.8) is 0 Å². The van der Waals surface area contributed by atoms with Crippen LogP contribution in [0.3, 0.4) is 0 Å². The summed E-state index contributed by atoms with van der Waals surface area (Å²) in [6.45, 7) is 1.50. The highest BCUT2D eigenvalue weighted by molar-refractivity contribution is 6.37. The van der Waals surface area contributed by atoms with Crippen molar-refractivity contribution in [1.82, 2.24) is 0 Å². The molecule has 0 heterocycles. The van der Waals surface area contributed by atoms with E-state index in [2.05, 4.69) is 5.32 Å². The number of anilines is 1. The fourth-order valence-corrected chi connectivity index (χ4v) is 2.62. The topological polar surface area (TPSA) is 29.1 Å². The Morgan fingerprint density at radius 3 is 2.47 bits per heavy atom. The molecule has 0 aliphatic carbocycles. The van der Waals surface area contributed by atoms with Crippen molar-refractivity contribution < 1.29 is 4.79 Å². The van der Waals surface area contributed by atoms with Gasteiger partial charge in [0.1, 0.15) is 0 Å². The second-order valence-electron chi connectivity index (χ2n) is 4.52. The van der Waals surface area contributed by atoms with E-state index < -0.39 is 0 Å². The maximum absolute atomic E-state index is 11.1. The zero-order valence-corrected chi connectivity index (χ0v) is 11.2. The second-order valence-corrected chi connectivity index (χ2v) is 4.93. The second kappa shape index (κ2) is 4.56. The number of amides is 1. The van der Waals surface area contributed by atoms with Gasteiger partial charge in [-0.3, -0.25) is 4.79 Å². The average molecular weight is 270 g/mol. The van der Waals surface area contributed by atoms with Gasteiger partial charge in [-0.2, -0.15) is 0 Å². The van der Waals surface area contributed by atoms with Gasteiger partial charge in [-0.05, 0) is 34.4 Å². The van der Waals surface area contributed by atoms with E-state index in [9.17, 15) is 4.79 Å². The highest BCUT2D eigenvalue weighted by Crippen LogP contribution is 2.32. The molecule has 0 saturated carbocycles. The Bertz CT molecular complexity index is 795. The number of hydrogen-bond acceptors (Lipinski definition) is 1. The van der Waals surface area contributed by atoms with Crippen molar-refractivity contribution in [2.75, 3.05) is 5.32 Å². The largest absolute Gasteiger partial charge is 0.326 e. The summed E-state index contributed by atoms with van der Waals surface area (Å²) in [5.41, 5.74) is 0.799. The molecule has 0 atom stereocenters. The van der Waals surface area contributed by atoms with Gasteiger partial charge >= 0.3 is 0 Å². The lowest BCUT2D eigenvalue weighted by Crippen LogP contribution is -2.05. The molecule has 3 rings (SSSR count). The third-order valence-electron chi connectivity index (χ3n) is 3.13. The van der Waals surface area contributed by atoms with Crippen molar-refractivity contribution in [3.05, 3.63) is 53.6 Å². The first-order chi connectivity index (χ1) is 9.15. The predicted octanol–water partition coefficient (Wildman–Crippen LogP) is 4.60. The zero-order chi connectivity index (χ0) is 13.4. The summed E-state index contributed by atoms with van der Waals surface area (Å²) in [6, 6.07) is 15.8. The van der Waals surface area contributed by atoms with Crippen LogP contribution < -0.4 is 5.32 Å². The lowest BCUT2D eigenvalue weighted by molar-refractivity contribution is -0.114. The first-order valence-electron chi connectivity index (χ1n) is 6.04. The Morgan fingerprint density at radius 1 is 1.00 bits per heavy atom. The summed E-state index contributed by atoms with van der Waals surface area (Å²) in [5, 5.41) is 7.83. The van der Waals surface area contributed by atoms with Crippen LogP contribution in [0.5, 0.6) is 0 Å². The molecule has 0 spiro atoms. The van der Waals surface area contributed by atoms with E-state index in [1.165, 1.54) is 6.92 Å². The monoisotopic (exact) mass is 269 g/mol. The fraction of sp³-hybridized carbons (Fsp3) is 0.0625. The summed E-state index contributed by atoms with van der Waals surface area (Å²) < 4.78 is 0. The van der Waals surface area contributed by atoms with Crippen molar-refractivity contribution in [3.8, 4) is 0 Å². The van der Waals surface area contributed by atoms with Crippen LogP contribution in [0.1, 0.15) is 6.92 Å².